The molecule has 0 amide bonds. The fourth-order valence-corrected chi connectivity index (χ4v) is 1.96. The number of hydrogen-bond acceptors (Lipinski definition) is 4. The molecule has 2 N–H and O–H groups in total. The molecule has 2 heterocycles. The van der Waals surface area contributed by atoms with Gasteiger partial charge in [-0.1, -0.05) is 0 Å². The second kappa shape index (κ2) is 4.23. The third-order valence-electron chi connectivity index (χ3n) is 2.48. The summed E-state index contributed by atoms with van der Waals surface area (Å²) >= 11 is 5.11. The molecule has 2 aromatic heterocycles. The zero-order valence-electron chi connectivity index (χ0n) is 9.10. The highest BCUT2D eigenvalue weighted by molar-refractivity contribution is 7.71. The maximum Gasteiger partial charge on any atom is 0.195 e. The van der Waals surface area contributed by atoms with Gasteiger partial charge in [-0.3, -0.25) is 9.67 Å². The minimum atomic E-state index is -0.156. The highest BCUT2D eigenvalue weighted by Crippen LogP contribution is 2.21. The summed E-state index contributed by atoms with van der Waals surface area (Å²) in [5.41, 5.74) is 0. The summed E-state index contributed by atoms with van der Waals surface area (Å²) in [5, 5.41) is 15.8. The topological polar surface area (TPSA) is 67.0 Å². The van der Waals surface area contributed by atoms with E-state index < -0.39 is 0 Å². The summed E-state index contributed by atoms with van der Waals surface area (Å²) < 4.78 is 7.75. The van der Waals surface area contributed by atoms with Crippen LogP contribution in [0.25, 0.3) is 0 Å². The molecule has 0 aliphatic heterocycles. The van der Waals surface area contributed by atoms with Gasteiger partial charge in [-0.25, -0.2) is 0 Å². The number of rotatable bonds is 3. The zero-order valence-corrected chi connectivity index (χ0v) is 9.91. The van der Waals surface area contributed by atoms with Crippen LogP contribution in [0.5, 0.6) is 0 Å². The van der Waals surface area contributed by atoms with Gasteiger partial charge in [0, 0.05) is 0 Å². The molecule has 2 aromatic rings. The zero-order chi connectivity index (χ0) is 11.7. The van der Waals surface area contributed by atoms with Gasteiger partial charge in [-0.15, -0.1) is 0 Å². The molecule has 0 radical (unpaired) electrons. The second-order valence-electron chi connectivity index (χ2n) is 3.60. The molecule has 5 nitrogen and oxygen atoms in total. The molecule has 1 atom stereocenters. The molecule has 0 aromatic carbocycles. The van der Waals surface area contributed by atoms with Crippen LogP contribution in [-0.4, -0.2) is 19.9 Å². The Morgan fingerprint density at radius 1 is 1.62 bits per heavy atom. The van der Waals surface area contributed by atoms with E-state index in [1.165, 1.54) is 0 Å². The SMILES string of the molecule is Cc1ccc(C(C)n2c(CO)n[nH]c2=S)o1. The van der Waals surface area contributed by atoms with Crippen molar-refractivity contribution in [2.24, 2.45) is 0 Å². The fraction of sp³-hybridized carbons (Fsp3) is 0.400. The Labute approximate surface area is 97.7 Å². The number of furan rings is 1. The minimum Gasteiger partial charge on any atom is -0.464 e. The van der Waals surface area contributed by atoms with Gasteiger partial charge in [-0.2, -0.15) is 5.10 Å². The smallest absolute Gasteiger partial charge is 0.195 e. The molecule has 1 unspecified atom stereocenters. The lowest BCUT2D eigenvalue weighted by Crippen LogP contribution is -2.10. The Balaban J connectivity index is 2.44. The third kappa shape index (κ3) is 1.81. The minimum absolute atomic E-state index is 0.0814. The Kier molecular flexibility index (Phi) is 2.93. The molecule has 16 heavy (non-hydrogen) atoms. The highest BCUT2D eigenvalue weighted by atomic mass is 32.1. The van der Waals surface area contributed by atoms with Gasteiger partial charge in [0.25, 0.3) is 0 Å². The number of H-pyrrole nitrogens is 1. The summed E-state index contributed by atoms with van der Waals surface area (Å²) in [4.78, 5) is 0. The van der Waals surface area contributed by atoms with Crippen molar-refractivity contribution in [2.45, 2.75) is 26.5 Å². The standard InChI is InChI=1S/C10H13N3O2S/c1-6-3-4-8(15-6)7(2)13-9(5-14)11-12-10(13)16/h3-4,7,14H,5H2,1-2H3,(H,12,16). The molecular weight excluding hydrogens is 226 g/mol. The van der Waals surface area contributed by atoms with Gasteiger partial charge in [0.15, 0.2) is 10.6 Å². The summed E-state index contributed by atoms with van der Waals surface area (Å²) in [6.07, 6.45) is 0. The molecular formula is C10H13N3O2S. The predicted molar refractivity (Wildman–Crippen MR) is 60.6 cm³/mol. The van der Waals surface area contributed by atoms with Crippen LogP contribution < -0.4 is 0 Å². The maximum atomic E-state index is 9.15. The van der Waals surface area contributed by atoms with Crippen molar-refractivity contribution in [3.63, 3.8) is 0 Å². The first kappa shape index (κ1) is 11.1. The van der Waals surface area contributed by atoms with E-state index in [-0.39, 0.29) is 12.6 Å². The average Bonchev–Trinajstić information content (AvgIpc) is 2.83. The average molecular weight is 239 g/mol. The largest absolute Gasteiger partial charge is 0.464 e. The Hall–Kier alpha value is -1.40. The van der Waals surface area contributed by atoms with Gasteiger partial charge in [0.05, 0.1) is 6.04 Å². The first-order valence-electron chi connectivity index (χ1n) is 4.96. The van der Waals surface area contributed by atoms with Crippen molar-refractivity contribution >= 4 is 12.2 Å². The summed E-state index contributed by atoms with van der Waals surface area (Å²) in [7, 11) is 0. The van der Waals surface area contributed by atoms with E-state index in [0.29, 0.717) is 10.6 Å². The number of nitrogens with one attached hydrogen (secondary N) is 1. The van der Waals surface area contributed by atoms with Crippen molar-refractivity contribution in [1.29, 1.82) is 0 Å². The molecule has 0 bridgehead atoms. The number of aromatic nitrogens is 3. The molecule has 0 saturated heterocycles. The molecule has 2 rings (SSSR count). The number of aliphatic hydroxyl groups is 1. The van der Waals surface area contributed by atoms with Crippen molar-refractivity contribution < 1.29 is 9.52 Å². The normalized spacial score (nSPS) is 12.9. The van der Waals surface area contributed by atoms with Crippen molar-refractivity contribution in [3.05, 3.63) is 34.2 Å². The third-order valence-corrected chi connectivity index (χ3v) is 2.77. The Morgan fingerprint density at radius 2 is 2.38 bits per heavy atom. The quantitative estimate of drug-likeness (QED) is 0.803. The van der Waals surface area contributed by atoms with E-state index in [1.54, 1.807) is 4.57 Å². The van der Waals surface area contributed by atoms with Crippen LogP contribution in [0.1, 0.15) is 30.3 Å². The molecule has 0 aliphatic rings. The van der Waals surface area contributed by atoms with Crippen LogP contribution in [0, 0.1) is 11.7 Å². The van der Waals surface area contributed by atoms with Crippen LogP contribution in [0.15, 0.2) is 16.5 Å². The first-order valence-corrected chi connectivity index (χ1v) is 5.37. The van der Waals surface area contributed by atoms with Crippen LogP contribution >= 0.6 is 12.2 Å². The van der Waals surface area contributed by atoms with Crippen LogP contribution in [0.4, 0.5) is 0 Å². The van der Waals surface area contributed by atoms with E-state index in [2.05, 4.69) is 10.2 Å². The van der Waals surface area contributed by atoms with E-state index in [1.807, 2.05) is 26.0 Å². The Bertz CT molecular complexity index is 540. The van der Waals surface area contributed by atoms with E-state index >= 15 is 0 Å². The lowest BCUT2D eigenvalue weighted by Gasteiger charge is -2.12. The molecule has 0 saturated carbocycles. The molecule has 0 aliphatic carbocycles. The van der Waals surface area contributed by atoms with Gasteiger partial charge in [0.1, 0.15) is 18.1 Å². The number of aromatic amines is 1. The van der Waals surface area contributed by atoms with Gasteiger partial charge >= 0.3 is 0 Å². The van der Waals surface area contributed by atoms with Gasteiger partial charge < -0.3 is 9.52 Å². The summed E-state index contributed by atoms with van der Waals surface area (Å²) in [5.74, 6) is 2.15. The monoisotopic (exact) mass is 239 g/mol. The number of aryl methyl sites for hydroxylation is 1. The lowest BCUT2D eigenvalue weighted by molar-refractivity contribution is 0.260. The number of aliphatic hydroxyl groups excluding tert-OH is 1. The van der Waals surface area contributed by atoms with Crippen molar-refractivity contribution in [2.75, 3.05) is 0 Å². The summed E-state index contributed by atoms with van der Waals surface area (Å²) in [6, 6.07) is 3.71. The van der Waals surface area contributed by atoms with Crippen molar-refractivity contribution in [3.8, 4) is 0 Å². The van der Waals surface area contributed by atoms with Gasteiger partial charge in [0.2, 0.25) is 0 Å². The number of nitrogens with zero attached hydrogens (tertiary/aromatic N) is 2. The van der Waals surface area contributed by atoms with E-state index in [4.69, 9.17) is 21.7 Å². The van der Waals surface area contributed by atoms with E-state index in [9.17, 15) is 0 Å². The predicted octanol–water partition coefficient (Wildman–Crippen LogP) is 1.94. The van der Waals surface area contributed by atoms with Crippen molar-refractivity contribution in [1.82, 2.24) is 14.8 Å². The molecule has 0 fully saturated rings. The van der Waals surface area contributed by atoms with Gasteiger partial charge in [-0.05, 0) is 38.2 Å². The summed E-state index contributed by atoms with van der Waals surface area (Å²) in [6.45, 7) is 3.68. The maximum absolute atomic E-state index is 9.15. The van der Waals surface area contributed by atoms with Crippen LogP contribution in [0.2, 0.25) is 0 Å². The molecule has 86 valence electrons. The first-order chi connectivity index (χ1) is 7.63. The van der Waals surface area contributed by atoms with E-state index in [0.717, 1.165) is 11.5 Å². The Morgan fingerprint density at radius 3 is 2.94 bits per heavy atom. The highest BCUT2D eigenvalue weighted by Gasteiger charge is 2.16. The van der Waals surface area contributed by atoms with Crippen LogP contribution in [-0.2, 0) is 6.61 Å². The number of hydrogen-bond donors (Lipinski definition) is 2. The second-order valence-corrected chi connectivity index (χ2v) is 3.98. The lowest BCUT2D eigenvalue weighted by atomic mass is 10.2. The van der Waals surface area contributed by atoms with Crippen LogP contribution in [0.3, 0.4) is 0 Å². The molecule has 6 heteroatoms. The fourth-order valence-electron chi connectivity index (χ4n) is 1.65. The molecule has 0 spiro atoms.